The van der Waals surface area contributed by atoms with Gasteiger partial charge in [-0.2, -0.15) is 0 Å². The fourth-order valence-electron chi connectivity index (χ4n) is 4.54. The number of amides is 3. The molecule has 0 aliphatic rings. The Labute approximate surface area is 277 Å². The summed E-state index contributed by atoms with van der Waals surface area (Å²) in [5, 5.41) is 8.05. The molecule has 0 aliphatic carbocycles. The maximum absolute atomic E-state index is 13.7. The van der Waals surface area contributed by atoms with Gasteiger partial charge in [-0.15, -0.1) is 0 Å². The number of nitrogens with one attached hydrogen (secondary N) is 3. The summed E-state index contributed by atoms with van der Waals surface area (Å²) in [5.41, 5.74) is 1.85. The van der Waals surface area contributed by atoms with Gasteiger partial charge in [0.15, 0.2) is 0 Å². The minimum absolute atomic E-state index is 0.0663. The Balaban J connectivity index is 1.74. The van der Waals surface area contributed by atoms with E-state index in [0.717, 1.165) is 16.7 Å². The molecule has 47 heavy (non-hydrogen) atoms. The Morgan fingerprint density at radius 3 is 1.77 bits per heavy atom. The fourth-order valence-corrected chi connectivity index (χ4v) is 4.54. The van der Waals surface area contributed by atoms with Crippen molar-refractivity contribution in [2.75, 3.05) is 0 Å². The molecule has 0 saturated heterocycles. The normalized spacial score (nSPS) is 13.1. The largest absolute Gasteiger partial charge is 0.489 e. The zero-order valence-electron chi connectivity index (χ0n) is 28.1. The average Bonchev–Trinajstić information content (AvgIpc) is 3.02. The first-order chi connectivity index (χ1) is 22.3. The summed E-state index contributed by atoms with van der Waals surface area (Å²) in [6.45, 7) is 11.0. The molecule has 10 nitrogen and oxygen atoms in total. The maximum atomic E-state index is 13.7. The Bertz CT molecular complexity index is 1440. The molecule has 3 atom stereocenters. The van der Waals surface area contributed by atoms with Gasteiger partial charge >= 0.3 is 12.1 Å². The van der Waals surface area contributed by atoms with Crippen LogP contribution in [-0.4, -0.2) is 47.6 Å². The van der Waals surface area contributed by atoms with Crippen LogP contribution < -0.4 is 20.7 Å². The number of benzene rings is 3. The van der Waals surface area contributed by atoms with Crippen LogP contribution in [0.25, 0.3) is 0 Å². The van der Waals surface area contributed by atoms with Crippen LogP contribution in [0.5, 0.6) is 5.75 Å². The van der Waals surface area contributed by atoms with Gasteiger partial charge in [-0.1, -0.05) is 86.6 Å². The van der Waals surface area contributed by atoms with Crippen LogP contribution in [0, 0.1) is 5.92 Å². The summed E-state index contributed by atoms with van der Waals surface area (Å²) in [5.74, 6) is -1.00. The van der Waals surface area contributed by atoms with Gasteiger partial charge in [0.05, 0.1) is 0 Å². The van der Waals surface area contributed by atoms with E-state index >= 15 is 0 Å². The third-order valence-corrected chi connectivity index (χ3v) is 6.90. The molecule has 0 spiro atoms. The van der Waals surface area contributed by atoms with Gasteiger partial charge in [0.25, 0.3) is 0 Å². The predicted molar refractivity (Wildman–Crippen MR) is 179 cm³/mol. The summed E-state index contributed by atoms with van der Waals surface area (Å²) in [6, 6.07) is 23.3. The van der Waals surface area contributed by atoms with Gasteiger partial charge < -0.3 is 30.2 Å². The number of ether oxygens (including phenoxy) is 3. The number of esters is 1. The Morgan fingerprint density at radius 1 is 0.660 bits per heavy atom. The van der Waals surface area contributed by atoms with Gasteiger partial charge in [0, 0.05) is 6.42 Å². The number of hydrogen-bond donors (Lipinski definition) is 3. The van der Waals surface area contributed by atoms with Crippen molar-refractivity contribution in [1.82, 2.24) is 16.0 Å². The zero-order valence-corrected chi connectivity index (χ0v) is 28.1. The number of alkyl carbamates (subject to hydrolysis) is 1. The monoisotopic (exact) mass is 645 g/mol. The summed E-state index contributed by atoms with van der Waals surface area (Å²) >= 11 is 0. The molecule has 0 saturated carbocycles. The smallest absolute Gasteiger partial charge is 0.408 e. The van der Waals surface area contributed by atoms with Gasteiger partial charge in [-0.25, -0.2) is 9.59 Å². The molecule has 3 aromatic rings. The molecular formula is C37H47N3O7. The highest BCUT2D eigenvalue weighted by molar-refractivity contribution is 5.93. The van der Waals surface area contributed by atoms with Crippen LogP contribution in [0.1, 0.15) is 64.7 Å². The highest BCUT2D eigenvalue weighted by Gasteiger charge is 2.30. The number of carbonyl (C=O) groups excluding carboxylic acids is 4. The summed E-state index contributed by atoms with van der Waals surface area (Å²) in [4.78, 5) is 52.4. The van der Waals surface area contributed by atoms with Crippen molar-refractivity contribution >= 4 is 23.9 Å². The topological polar surface area (TPSA) is 132 Å². The van der Waals surface area contributed by atoms with Crippen LogP contribution in [0.15, 0.2) is 84.9 Å². The average molecular weight is 646 g/mol. The number of carbonyl (C=O) groups is 4. The molecule has 252 valence electrons. The molecule has 10 heteroatoms. The van der Waals surface area contributed by atoms with E-state index < -0.39 is 47.6 Å². The molecule has 0 fully saturated rings. The molecule has 3 amide bonds. The van der Waals surface area contributed by atoms with E-state index in [1.807, 2.05) is 86.6 Å². The third kappa shape index (κ3) is 13.6. The van der Waals surface area contributed by atoms with E-state index in [1.165, 1.54) is 6.92 Å². The summed E-state index contributed by atoms with van der Waals surface area (Å²) in [6.07, 6.45) is -0.307. The lowest BCUT2D eigenvalue weighted by Gasteiger charge is -2.25. The molecular weight excluding hydrogens is 598 g/mol. The second kappa shape index (κ2) is 17.7. The van der Waals surface area contributed by atoms with Crippen LogP contribution in [-0.2, 0) is 43.5 Å². The Kier molecular flexibility index (Phi) is 13.8. The first-order valence-electron chi connectivity index (χ1n) is 15.9. The van der Waals surface area contributed by atoms with Crippen LogP contribution in [0.2, 0.25) is 0 Å². The van der Waals surface area contributed by atoms with E-state index in [4.69, 9.17) is 14.2 Å². The van der Waals surface area contributed by atoms with Gasteiger partial charge in [0.1, 0.15) is 42.7 Å². The molecule has 0 heterocycles. The van der Waals surface area contributed by atoms with E-state index in [2.05, 4.69) is 16.0 Å². The summed E-state index contributed by atoms with van der Waals surface area (Å²) in [7, 11) is 0. The molecule has 3 aromatic carbocycles. The number of rotatable bonds is 15. The molecule has 0 unspecified atom stereocenters. The standard InChI is InChI=1S/C37H47N3O7/c1-25(2)21-32(35(43)46-24-29-15-11-8-12-16-29)40-34(42)31(39-33(41)26(3)38-36(44)47-37(4,5)6)22-27-17-19-30(20-18-27)45-23-28-13-9-7-10-14-28/h7-20,25-26,31-32H,21-24H2,1-6H3,(H,38,44)(H,39,41)(H,40,42)/t26-,31-,32-/m0/s1. The molecule has 3 N–H and O–H groups in total. The highest BCUT2D eigenvalue weighted by atomic mass is 16.6. The second-order valence-electron chi connectivity index (χ2n) is 12.8. The lowest BCUT2D eigenvalue weighted by atomic mass is 10.0. The van der Waals surface area contributed by atoms with Crippen molar-refractivity contribution in [1.29, 1.82) is 0 Å². The van der Waals surface area contributed by atoms with E-state index in [-0.39, 0.29) is 18.9 Å². The molecule has 0 aliphatic heterocycles. The van der Waals surface area contributed by atoms with Gasteiger partial charge in [-0.05, 0) is 68.9 Å². The zero-order chi connectivity index (χ0) is 34.4. The second-order valence-corrected chi connectivity index (χ2v) is 12.8. The van der Waals surface area contributed by atoms with E-state index in [1.54, 1.807) is 32.9 Å². The van der Waals surface area contributed by atoms with Gasteiger partial charge in [0.2, 0.25) is 11.8 Å². The first-order valence-corrected chi connectivity index (χ1v) is 15.9. The van der Waals surface area contributed by atoms with Crippen LogP contribution in [0.3, 0.4) is 0 Å². The van der Waals surface area contributed by atoms with Crippen molar-refractivity contribution in [3.63, 3.8) is 0 Å². The molecule has 0 aromatic heterocycles. The quantitative estimate of drug-likeness (QED) is 0.187. The van der Waals surface area contributed by atoms with Crippen molar-refractivity contribution in [3.05, 3.63) is 102 Å². The van der Waals surface area contributed by atoms with Crippen LogP contribution >= 0.6 is 0 Å². The molecule has 3 rings (SSSR count). The van der Waals surface area contributed by atoms with Gasteiger partial charge in [-0.3, -0.25) is 9.59 Å². The minimum atomic E-state index is -1.07. The third-order valence-electron chi connectivity index (χ3n) is 6.90. The fraction of sp³-hybridized carbons (Fsp3) is 0.405. The molecule has 0 bridgehead atoms. The maximum Gasteiger partial charge on any atom is 0.408 e. The van der Waals surface area contributed by atoms with Crippen LogP contribution in [0.4, 0.5) is 4.79 Å². The Hall–Kier alpha value is -4.86. The number of hydrogen-bond acceptors (Lipinski definition) is 7. The molecule has 0 radical (unpaired) electrons. The SMILES string of the molecule is CC(C)C[C@H](NC(=O)[C@H](Cc1ccc(OCc2ccccc2)cc1)NC(=O)[C@H](C)NC(=O)OC(C)(C)C)C(=O)OCc1ccccc1. The van der Waals surface area contributed by atoms with Crippen molar-refractivity contribution in [2.45, 2.75) is 91.3 Å². The first kappa shape index (κ1) is 36.6. The minimum Gasteiger partial charge on any atom is -0.489 e. The lowest BCUT2D eigenvalue weighted by molar-refractivity contribution is -0.149. The highest BCUT2D eigenvalue weighted by Crippen LogP contribution is 2.16. The van der Waals surface area contributed by atoms with Crippen molar-refractivity contribution in [3.8, 4) is 5.75 Å². The van der Waals surface area contributed by atoms with E-state index in [0.29, 0.717) is 18.8 Å². The summed E-state index contributed by atoms with van der Waals surface area (Å²) < 4.78 is 16.7. The van der Waals surface area contributed by atoms with Crippen molar-refractivity contribution < 1.29 is 33.4 Å². The Morgan fingerprint density at radius 2 is 1.21 bits per heavy atom. The lowest BCUT2D eigenvalue weighted by Crippen LogP contribution is -2.56. The van der Waals surface area contributed by atoms with E-state index in [9.17, 15) is 19.2 Å². The van der Waals surface area contributed by atoms with Crippen molar-refractivity contribution in [2.24, 2.45) is 5.92 Å². The predicted octanol–water partition coefficient (Wildman–Crippen LogP) is 5.48.